The van der Waals surface area contributed by atoms with Crippen molar-refractivity contribution in [3.05, 3.63) is 42.2 Å². The van der Waals surface area contributed by atoms with Gasteiger partial charge in [0.15, 0.2) is 5.03 Å². The van der Waals surface area contributed by atoms with Gasteiger partial charge < -0.3 is 10.1 Å². The average molecular weight is 345 g/mol. The highest BCUT2D eigenvalue weighted by Crippen LogP contribution is 2.30. The first-order valence-corrected chi connectivity index (χ1v) is 8.99. The fourth-order valence-electron chi connectivity index (χ4n) is 1.94. The van der Waals surface area contributed by atoms with Gasteiger partial charge in [-0.25, -0.2) is 9.97 Å². The number of hydrogen-bond acceptors (Lipinski definition) is 5. The van der Waals surface area contributed by atoms with Crippen LogP contribution < -0.4 is 10.1 Å². The zero-order valence-electron chi connectivity index (χ0n) is 14.3. The van der Waals surface area contributed by atoms with Crippen molar-refractivity contribution in [1.82, 2.24) is 15.3 Å². The molecule has 0 spiro atoms. The Morgan fingerprint density at radius 3 is 2.75 bits per heavy atom. The van der Waals surface area contributed by atoms with Gasteiger partial charge in [0, 0.05) is 18.9 Å². The highest BCUT2D eigenvalue weighted by molar-refractivity contribution is 8.00. The molecule has 0 fully saturated rings. The Balaban J connectivity index is 1.94. The summed E-state index contributed by atoms with van der Waals surface area (Å²) < 4.78 is 5.86. The fraction of sp³-hybridized carbons (Fsp3) is 0.389. The molecule has 1 aromatic heterocycles. The van der Waals surface area contributed by atoms with Gasteiger partial charge in [-0.1, -0.05) is 43.8 Å². The van der Waals surface area contributed by atoms with E-state index in [-0.39, 0.29) is 5.91 Å². The first-order valence-electron chi connectivity index (χ1n) is 8.00. The number of carbonyl (C=O) groups excluding carboxylic acids is 1. The number of benzene rings is 1. The summed E-state index contributed by atoms with van der Waals surface area (Å²) in [7, 11) is 0. The van der Waals surface area contributed by atoms with Crippen LogP contribution in [0.3, 0.4) is 0 Å². The third kappa shape index (κ3) is 5.85. The first-order chi connectivity index (χ1) is 11.6. The van der Waals surface area contributed by atoms with Crippen LogP contribution in [0.5, 0.6) is 11.6 Å². The molecule has 1 amide bonds. The van der Waals surface area contributed by atoms with Crippen LogP contribution >= 0.6 is 11.8 Å². The lowest BCUT2D eigenvalue weighted by Crippen LogP contribution is -2.26. The number of carbonyl (C=O) groups is 1. The summed E-state index contributed by atoms with van der Waals surface area (Å²) in [6.07, 6.45) is 4.16. The van der Waals surface area contributed by atoms with Gasteiger partial charge in [-0.15, -0.1) is 0 Å². The van der Waals surface area contributed by atoms with Gasteiger partial charge in [0.2, 0.25) is 5.91 Å². The van der Waals surface area contributed by atoms with Crippen LogP contribution in [0.15, 0.2) is 41.7 Å². The molecule has 1 heterocycles. The molecule has 0 unspecified atom stereocenters. The molecule has 0 radical (unpaired) electrons. The van der Waals surface area contributed by atoms with Crippen LogP contribution in [0.4, 0.5) is 0 Å². The second-order valence-corrected chi connectivity index (χ2v) is 6.82. The number of ether oxygens (including phenoxy) is 1. The van der Waals surface area contributed by atoms with Crippen molar-refractivity contribution in [2.24, 2.45) is 5.92 Å². The van der Waals surface area contributed by atoms with E-state index < -0.39 is 0 Å². The second-order valence-electron chi connectivity index (χ2n) is 5.86. The lowest BCUT2D eigenvalue weighted by molar-refractivity contribution is -0.118. The van der Waals surface area contributed by atoms with E-state index in [1.165, 1.54) is 11.8 Å². The largest absolute Gasteiger partial charge is 0.436 e. The van der Waals surface area contributed by atoms with Crippen molar-refractivity contribution < 1.29 is 9.53 Å². The monoisotopic (exact) mass is 345 g/mol. The Morgan fingerprint density at radius 2 is 2.00 bits per heavy atom. The highest BCUT2D eigenvalue weighted by atomic mass is 32.2. The van der Waals surface area contributed by atoms with Crippen LogP contribution in [0.2, 0.25) is 0 Å². The molecule has 0 atom stereocenters. The maximum absolute atomic E-state index is 11.9. The van der Waals surface area contributed by atoms with Gasteiger partial charge in [-0.3, -0.25) is 4.79 Å². The van der Waals surface area contributed by atoms with Crippen molar-refractivity contribution in [3.63, 3.8) is 0 Å². The minimum atomic E-state index is -0.00635. The molecule has 0 aliphatic carbocycles. The molecule has 24 heavy (non-hydrogen) atoms. The molecule has 0 bridgehead atoms. The van der Waals surface area contributed by atoms with E-state index in [1.54, 1.807) is 12.4 Å². The quantitative estimate of drug-likeness (QED) is 0.737. The Bertz CT molecular complexity index is 677. The number of hydrogen-bond donors (Lipinski definition) is 1. The normalized spacial score (nSPS) is 10.7. The van der Waals surface area contributed by atoms with Crippen LogP contribution in [-0.2, 0) is 4.79 Å². The maximum atomic E-state index is 11.9. The SMILES string of the molecule is Cc1ccccc1Oc1nccnc1SCC(=O)NCCC(C)C. The number of para-hydroxylation sites is 1. The van der Waals surface area contributed by atoms with E-state index in [9.17, 15) is 4.79 Å². The van der Waals surface area contributed by atoms with E-state index >= 15 is 0 Å². The Morgan fingerprint density at radius 1 is 1.25 bits per heavy atom. The lowest BCUT2D eigenvalue weighted by Gasteiger charge is -2.10. The summed E-state index contributed by atoms with van der Waals surface area (Å²) in [5.74, 6) is 2.02. The third-order valence-electron chi connectivity index (χ3n) is 3.32. The number of thioether (sulfide) groups is 1. The molecule has 0 aliphatic rings. The zero-order chi connectivity index (χ0) is 17.4. The molecular weight excluding hydrogens is 322 g/mol. The molecule has 2 aromatic rings. The van der Waals surface area contributed by atoms with Crippen molar-refractivity contribution in [3.8, 4) is 11.6 Å². The first kappa shape index (κ1) is 18.3. The molecule has 1 aromatic carbocycles. The molecule has 0 aliphatic heterocycles. The van der Waals surface area contributed by atoms with Gasteiger partial charge in [0.05, 0.1) is 5.75 Å². The minimum Gasteiger partial charge on any atom is -0.436 e. The molecular formula is C18H23N3O2S. The predicted octanol–water partition coefficient (Wildman–Crippen LogP) is 3.83. The molecule has 6 heteroatoms. The van der Waals surface area contributed by atoms with Crippen molar-refractivity contribution in [2.45, 2.75) is 32.2 Å². The van der Waals surface area contributed by atoms with Gasteiger partial charge in [-0.05, 0) is 30.9 Å². The number of aryl methyl sites for hydroxylation is 1. The van der Waals surface area contributed by atoms with Crippen LogP contribution in [-0.4, -0.2) is 28.2 Å². The van der Waals surface area contributed by atoms with E-state index in [2.05, 4.69) is 29.1 Å². The number of nitrogens with zero attached hydrogens (tertiary/aromatic N) is 2. The number of amides is 1. The van der Waals surface area contributed by atoms with Crippen LogP contribution in [0, 0.1) is 12.8 Å². The summed E-state index contributed by atoms with van der Waals surface area (Å²) >= 11 is 1.33. The summed E-state index contributed by atoms with van der Waals surface area (Å²) in [6, 6.07) is 7.72. The summed E-state index contributed by atoms with van der Waals surface area (Å²) in [5, 5.41) is 3.52. The van der Waals surface area contributed by atoms with E-state index in [0.29, 0.717) is 29.1 Å². The molecule has 128 valence electrons. The third-order valence-corrected chi connectivity index (χ3v) is 4.28. The maximum Gasteiger partial charge on any atom is 0.252 e. The fourth-order valence-corrected chi connectivity index (χ4v) is 2.66. The molecule has 1 N–H and O–H groups in total. The summed E-state index contributed by atoms with van der Waals surface area (Å²) in [4.78, 5) is 20.4. The van der Waals surface area contributed by atoms with Crippen LogP contribution in [0.25, 0.3) is 0 Å². The predicted molar refractivity (Wildman–Crippen MR) is 96.5 cm³/mol. The average Bonchev–Trinajstić information content (AvgIpc) is 2.56. The number of rotatable bonds is 8. The van der Waals surface area contributed by atoms with E-state index in [0.717, 1.165) is 17.7 Å². The second kappa shape index (κ2) is 9.27. The standard InChI is InChI=1S/C18H23N3O2S/c1-13(2)8-9-19-16(22)12-24-18-17(20-10-11-21-18)23-15-7-5-4-6-14(15)3/h4-7,10-11,13H,8-9,12H2,1-3H3,(H,19,22). The van der Waals surface area contributed by atoms with Crippen molar-refractivity contribution in [1.29, 1.82) is 0 Å². The minimum absolute atomic E-state index is 0.00635. The van der Waals surface area contributed by atoms with Gasteiger partial charge in [0.1, 0.15) is 5.75 Å². The van der Waals surface area contributed by atoms with Crippen molar-refractivity contribution in [2.75, 3.05) is 12.3 Å². The topological polar surface area (TPSA) is 64.1 Å². The van der Waals surface area contributed by atoms with E-state index in [4.69, 9.17) is 4.74 Å². The summed E-state index contributed by atoms with van der Waals surface area (Å²) in [6.45, 7) is 6.94. The summed E-state index contributed by atoms with van der Waals surface area (Å²) in [5.41, 5.74) is 1.02. The van der Waals surface area contributed by atoms with Gasteiger partial charge >= 0.3 is 0 Å². The number of nitrogens with one attached hydrogen (secondary N) is 1. The van der Waals surface area contributed by atoms with Gasteiger partial charge in [-0.2, -0.15) is 0 Å². The van der Waals surface area contributed by atoms with E-state index in [1.807, 2.05) is 31.2 Å². The number of aromatic nitrogens is 2. The molecule has 0 saturated carbocycles. The molecule has 2 rings (SSSR count). The van der Waals surface area contributed by atoms with Gasteiger partial charge in [0.25, 0.3) is 5.88 Å². The lowest BCUT2D eigenvalue weighted by atomic mass is 10.1. The molecule has 5 nitrogen and oxygen atoms in total. The van der Waals surface area contributed by atoms with Crippen LogP contribution in [0.1, 0.15) is 25.8 Å². The zero-order valence-corrected chi connectivity index (χ0v) is 15.1. The Hall–Kier alpha value is -2.08. The smallest absolute Gasteiger partial charge is 0.252 e. The Kier molecular flexibility index (Phi) is 7.06. The Labute approximate surface area is 147 Å². The van der Waals surface area contributed by atoms with Crippen molar-refractivity contribution >= 4 is 17.7 Å². The molecule has 0 saturated heterocycles. The highest BCUT2D eigenvalue weighted by Gasteiger charge is 2.12.